The average Bonchev–Trinajstić information content (AvgIpc) is 3.58. The van der Waals surface area contributed by atoms with Crippen LogP contribution in [0.1, 0.15) is 67.9 Å². The molecule has 2 atom stereocenters. The number of hydrogen-bond acceptors (Lipinski definition) is 5. The highest BCUT2D eigenvalue weighted by molar-refractivity contribution is 5.98. The van der Waals surface area contributed by atoms with E-state index in [0.717, 1.165) is 68.1 Å². The van der Waals surface area contributed by atoms with E-state index < -0.39 is 0 Å². The number of benzene rings is 2. The Balaban J connectivity index is 1.09. The number of H-pyrrole nitrogens is 1. The number of carbonyl (C=O) groups excluding carboxylic acids is 1. The smallest absolute Gasteiger partial charge is 0.270 e. The molecule has 1 aliphatic carbocycles. The molecule has 38 heavy (non-hydrogen) atoms. The van der Waals surface area contributed by atoms with E-state index >= 15 is 0 Å². The number of hydrazine groups is 1. The third kappa shape index (κ3) is 6.39. The number of nitrogens with zero attached hydrogens (tertiary/aromatic N) is 1. The molecular weight excluding hydrogens is 474 g/mol. The Morgan fingerprint density at radius 3 is 2.71 bits per heavy atom. The van der Waals surface area contributed by atoms with Crippen LogP contribution < -0.4 is 20.9 Å². The molecule has 7 heteroatoms. The molecule has 0 bridgehead atoms. The molecule has 3 aromatic rings. The Hall–Kier alpha value is -3.31. The molecule has 200 valence electrons. The van der Waals surface area contributed by atoms with Gasteiger partial charge in [-0.3, -0.25) is 4.79 Å². The standard InChI is InChI=1S/C31H39N5O2/c1-3-5-17-31(34-35-31)18-19-38-27-15-13-23(14-16-27)22-32-25-10-8-11-26(21-25)36(4-2)30(37)29-20-24-9-6-7-12-28(24)33-29/h1,6-7,9,12-16,20,25-26,32-35H,4-5,8,10-11,17-19,21-22H2,2H3/t25-,26+/m1/s1. The molecule has 1 aliphatic heterocycles. The summed E-state index contributed by atoms with van der Waals surface area (Å²) >= 11 is 0. The van der Waals surface area contributed by atoms with Gasteiger partial charge in [-0.25, -0.2) is 10.9 Å². The molecule has 1 aromatic heterocycles. The van der Waals surface area contributed by atoms with Gasteiger partial charge in [0.15, 0.2) is 0 Å². The number of ether oxygens (including phenoxy) is 1. The summed E-state index contributed by atoms with van der Waals surface area (Å²) in [4.78, 5) is 18.8. The van der Waals surface area contributed by atoms with Crippen LogP contribution in [0.25, 0.3) is 10.9 Å². The lowest BCUT2D eigenvalue weighted by Crippen LogP contribution is -2.46. The average molecular weight is 514 g/mol. The summed E-state index contributed by atoms with van der Waals surface area (Å²) in [6.07, 6.45) is 12.2. The van der Waals surface area contributed by atoms with Crippen molar-refractivity contribution < 1.29 is 9.53 Å². The maximum atomic E-state index is 13.4. The minimum atomic E-state index is -0.0540. The van der Waals surface area contributed by atoms with Crippen LogP contribution in [0.4, 0.5) is 0 Å². The van der Waals surface area contributed by atoms with Crippen LogP contribution >= 0.6 is 0 Å². The summed E-state index contributed by atoms with van der Waals surface area (Å²) in [7, 11) is 0. The number of amides is 1. The molecule has 7 nitrogen and oxygen atoms in total. The Morgan fingerprint density at radius 1 is 1.16 bits per heavy atom. The first-order chi connectivity index (χ1) is 18.6. The van der Waals surface area contributed by atoms with Gasteiger partial charge < -0.3 is 19.9 Å². The largest absolute Gasteiger partial charge is 0.493 e. The Labute approximate surface area is 225 Å². The van der Waals surface area contributed by atoms with E-state index in [-0.39, 0.29) is 17.6 Å². The fourth-order valence-electron chi connectivity index (χ4n) is 5.60. The van der Waals surface area contributed by atoms with Crippen molar-refractivity contribution >= 4 is 16.8 Å². The SMILES string of the molecule is C#CCCC1(CCOc2ccc(CN[C@@H]3CCC[C@H](N(CC)C(=O)c4cc5ccccc5[nH]4)C3)cc2)NN1. The van der Waals surface area contributed by atoms with E-state index in [1.807, 2.05) is 47.4 Å². The minimum Gasteiger partial charge on any atom is -0.493 e. The monoisotopic (exact) mass is 513 g/mol. The van der Waals surface area contributed by atoms with Gasteiger partial charge in [0.1, 0.15) is 11.4 Å². The first-order valence-corrected chi connectivity index (χ1v) is 13.9. The van der Waals surface area contributed by atoms with E-state index in [1.165, 1.54) is 5.56 Å². The van der Waals surface area contributed by atoms with E-state index in [1.54, 1.807) is 0 Å². The number of aromatic amines is 1. The molecule has 1 saturated heterocycles. The van der Waals surface area contributed by atoms with Gasteiger partial charge >= 0.3 is 0 Å². The van der Waals surface area contributed by atoms with Crippen molar-refractivity contribution in [3.63, 3.8) is 0 Å². The van der Waals surface area contributed by atoms with Gasteiger partial charge in [-0.15, -0.1) is 12.3 Å². The van der Waals surface area contributed by atoms with E-state index in [0.29, 0.717) is 24.9 Å². The zero-order valence-corrected chi connectivity index (χ0v) is 22.3. The van der Waals surface area contributed by atoms with Gasteiger partial charge in [-0.1, -0.05) is 30.3 Å². The van der Waals surface area contributed by atoms with E-state index in [9.17, 15) is 4.79 Å². The predicted octanol–water partition coefficient (Wildman–Crippen LogP) is 4.72. The van der Waals surface area contributed by atoms with Crippen LogP contribution in [-0.2, 0) is 6.54 Å². The lowest BCUT2D eigenvalue weighted by Gasteiger charge is -2.37. The number of fused-ring (bicyclic) bond motifs is 1. The normalized spacial score (nSPS) is 20.1. The molecule has 0 radical (unpaired) electrons. The number of hydrogen-bond donors (Lipinski definition) is 4. The first-order valence-electron chi connectivity index (χ1n) is 13.9. The summed E-state index contributed by atoms with van der Waals surface area (Å²) in [6, 6.07) is 19.0. The summed E-state index contributed by atoms with van der Waals surface area (Å²) in [6.45, 7) is 4.24. The highest BCUT2D eigenvalue weighted by atomic mass is 16.5. The molecule has 2 heterocycles. The van der Waals surface area contributed by atoms with Crippen LogP contribution in [0.5, 0.6) is 5.75 Å². The maximum absolute atomic E-state index is 13.4. The van der Waals surface area contributed by atoms with Crippen molar-refractivity contribution in [1.29, 1.82) is 0 Å². The third-order valence-electron chi connectivity index (χ3n) is 7.94. The van der Waals surface area contributed by atoms with Crippen molar-refractivity contribution in [1.82, 2.24) is 26.1 Å². The molecule has 2 fully saturated rings. The van der Waals surface area contributed by atoms with Crippen LogP contribution in [-0.4, -0.2) is 46.7 Å². The lowest BCUT2D eigenvalue weighted by molar-refractivity contribution is 0.0623. The quantitative estimate of drug-likeness (QED) is 0.207. The van der Waals surface area contributed by atoms with Crippen molar-refractivity contribution in [2.75, 3.05) is 13.2 Å². The van der Waals surface area contributed by atoms with Gasteiger partial charge in [0.05, 0.1) is 12.3 Å². The highest BCUT2D eigenvalue weighted by Gasteiger charge is 2.40. The van der Waals surface area contributed by atoms with Crippen LogP contribution in [0, 0.1) is 12.3 Å². The molecule has 2 aromatic carbocycles. The minimum absolute atomic E-state index is 0.0540. The van der Waals surface area contributed by atoms with Gasteiger partial charge in [-0.05, 0) is 68.9 Å². The van der Waals surface area contributed by atoms with Gasteiger partial charge in [0.2, 0.25) is 0 Å². The van der Waals surface area contributed by atoms with E-state index in [4.69, 9.17) is 11.2 Å². The van der Waals surface area contributed by atoms with Crippen molar-refractivity contribution in [3.05, 3.63) is 65.9 Å². The Kier molecular flexibility index (Phi) is 8.33. The summed E-state index contributed by atoms with van der Waals surface area (Å²) < 4.78 is 5.95. The molecular formula is C31H39N5O2. The van der Waals surface area contributed by atoms with Crippen molar-refractivity contribution in [3.8, 4) is 18.1 Å². The molecule has 2 aliphatic rings. The summed E-state index contributed by atoms with van der Waals surface area (Å²) in [5, 5.41) is 4.81. The second-order valence-corrected chi connectivity index (χ2v) is 10.5. The topological polar surface area (TPSA) is 101 Å². The fourth-order valence-corrected chi connectivity index (χ4v) is 5.60. The number of nitrogens with one attached hydrogen (secondary N) is 4. The molecule has 5 rings (SSSR count). The zero-order valence-electron chi connectivity index (χ0n) is 22.3. The van der Waals surface area contributed by atoms with Gasteiger partial charge in [0, 0.05) is 48.9 Å². The van der Waals surface area contributed by atoms with Gasteiger partial charge in [-0.2, -0.15) is 0 Å². The van der Waals surface area contributed by atoms with Crippen molar-refractivity contribution in [2.45, 2.75) is 76.2 Å². The maximum Gasteiger partial charge on any atom is 0.270 e. The Bertz CT molecular complexity index is 1220. The molecule has 0 unspecified atom stereocenters. The highest BCUT2D eigenvalue weighted by Crippen LogP contribution is 2.26. The number of terminal acetylenes is 1. The molecule has 1 amide bonds. The lowest BCUT2D eigenvalue weighted by atomic mass is 9.89. The van der Waals surface area contributed by atoms with Crippen LogP contribution in [0.3, 0.4) is 0 Å². The molecule has 4 N–H and O–H groups in total. The first kappa shape index (κ1) is 26.3. The fraction of sp³-hybridized carbons (Fsp3) is 0.452. The number of aromatic nitrogens is 1. The Morgan fingerprint density at radius 2 is 1.97 bits per heavy atom. The van der Waals surface area contributed by atoms with E-state index in [2.05, 4.69) is 46.1 Å². The third-order valence-corrected chi connectivity index (χ3v) is 7.94. The molecule has 1 saturated carbocycles. The second kappa shape index (κ2) is 12.0. The summed E-state index contributed by atoms with van der Waals surface area (Å²) in [5.41, 5.74) is 9.27. The van der Waals surface area contributed by atoms with Crippen LogP contribution in [0.2, 0.25) is 0 Å². The van der Waals surface area contributed by atoms with Crippen LogP contribution in [0.15, 0.2) is 54.6 Å². The number of rotatable bonds is 12. The van der Waals surface area contributed by atoms with Gasteiger partial charge in [0.25, 0.3) is 5.91 Å². The zero-order chi connectivity index (χ0) is 26.4. The predicted molar refractivity (Wildman–Crippen MR) is 152 cm³/mol. The molecule has 0 spiro atoms. The summed E-state index contributed by atoms with van der Waals surface area (Å²) in [5.74, 6) is 3.68. The van der Waals surface area contributed by atoms with Crippen molar-refractivity contribution in [2.24, 2.45) is 0 Å². The number of para-hydroxylation sites is 1. The number of carbonyl (C=O) groups is 1. The second-order valence-electron chi connectivity index (χ2n) is 10.5.